The molecule has 1 aliphatic heterocycles. The van der Waals surface area contributed by atoms with Gasteiger partial charge in [0, 0.05) is 28.5 Å². The Balaban J connectivity index is 0.00000300. The molecule has 0 aliphatic carbocycles. The molecule has 3 rings (SSSR count). The summed E-state index contributed by atoms with van der Waals surface area (Å²) in [5, 5.41) is 0. The molecule has 0 bridgehead atoms. The van der Waals surface area contributed by atoms with Crippen molar-refractivity contribution in [2.24, 2.45) is 0 Å². The van der Waals surface area contributed by atoms with Crippen LogP contribution in [0.1, 0.15) is 15.1 Å². The van der Waals surface area contributed by atoms with Gasteiger partial charge in [-0.2, -0.15) is 30.2 Å². The Labute approximate surface area is 136 Å². The van der Waals surface area contributed by atoms with Gasteiger partial charge >= 0.3 is 0 Å². The van der Waals surface area contributed by atoms with E-state index in [0.29, 0.717) is 0 Å². The number of anilines is 2. The van der Waals surface area contributed by atoms with Crippen LogP contribution >= 0.6 is 0 Å². The molecule has 1 heterocycles. The van der Waals surface area contributed by atoms with Crippen molar-refractivity contribution >= 4 is 11.4 Å². The zero-order chi connectivity index (χ0) is 21.1. The van der Waals surface area contributed by atoms with Crippen molar-refractivity contribution in [3.63, 3.8) is 0 Å². The minimum absolute atomic E-state index is 0. The molecule has 3 heteroatoms. The molecule has 0 spiro atoms. The minimum Gasteiger partial charge on any atom is -0.500 e. The molecule has 93 valence electrons. The first-order valence-electron chi connectivity index (χ1n) is 10.2. The summed E-state index contributed by atoms with van der Waals surface area (Å²) < 4.78 is 86.4. The molecule has 0 aromatic heterocycles. The number of hydrogen-bond donors (Lipinski definition) is 0. The number of benzene rings is 2. The molecule has 2 aromatic rings. The fraction of sp³-hybridized carbons (Fsp3) is 0. The first-order chi connectivity index (χ1) is 13.0. The third-order valence-electron chi connectivity index (χ3n) is 1.98. The van der Waals surface area contributed by atoms with Gasteiger partial charge in [-0.15, -0.1) is 12.4 Å². The van der Waals surface area contributed by atoms with Crippen LogP contribution in [0.2, 0.25) is 0 Å². The summed E-state index contributed by atoms with van der Waals surface area (Å²) >= 11 is 0. The third-order valence-corrected chi connectivity index (χ3v) is 1.98. The van der Waals surface area contributed by atoms with E-state index in [1.165, 1.54) is 0 Å². The maximum atomic E-state index is 8.12. The van der Waals surface area contributed by atoms with Crippen molar-refractivity contribution in [3.05, 3.63) is 79.5 Å². The van der Waals surface area contributed by atoms with E-state index in [9.17, 15) is 0 Å². The van der Waals surface area contributed by atoms with E-state index in [4.69, 9.17) is 15.1 Å². The standard InChI is InChI=1S/C15H12N2.Ir/c1-3-7-14(8-4-1)16-11-12-17(13-16)15-9-5-2-6-10-15;/h1-9,11-13H;/q-2;/i1D,2D,3D,4D,5D,6D,7D,8D,9D,11D,12D;. The van der Waals surface area contributed by atoms with Crippen LogP contribution in [0, 0.1) is 12.7 Å². The summed E-state index contributed by atoms with van der Waals surface area (Å²) in [6, 6.07) is -2.53. The van der Waals surface area contributed by atoms with Crippen LogP contribution in [0.5, 0.6) is 0 Å². The van der Waals surface area contributed by atoms with Crippen molar-refractivity contribution in [2.75, 3.05) is 9.80 Å². The van der Waals surface area contributed by atoms with Gasteiger partial charge in [-0.3, -0.25) is 0 Å². The van der Waals surface area contributed by atoms with Crippen LogP contribution in [0.15, 0.2) is 66.7 Å². The first-order valence-corrected chi connectivity index (χ1v) is 4.66. The maximum absolute atomic E-state index is 8.12. The van der Waals surface area contributed by atoms with Gasteiger partial charge in [0.25, 0.3) is 0 Å². The number of para-hydroxylation sites is 2. The third kappa shape index (κ3) is 2.63. The summed E-state index contributed by atoms with van der Waals surface area (Å²) in [5.74, 6) is 0. The molecule has 0 unspecified atom stereocenters. The average molecular weight is 424 g/mol. The van der Waals surface area contributed by atoms with Crippen LogP contribution in [0.25, 0.3) is 0 Å². The number of hydrogen-bond acceptors (Lipinski definition) is 2. The number of nitrogens with zero attached hydrogens (tertiary/aromatic N) is 2. The Morgan fingerprint density at radius 1 is 0.944 bits per heavy atom. The largest absolute Gasteiger partial charge is 0.500 e. The average Bonchev–Trinajstić information content (AvgIpc) is 2.95. The normalized spacial score (nSPS) is 23.2. The van der Waals surface area contributed by atoms with Gasteiger partial charge in [-0.25, -0.2) is 0 Å². The van der Waals surface area contributed by atoms with E-state index in [1.54, 1.807) is 0 Å². The summed E-state index contributed by atoms with van der Waals surface area (Å²) in [6.07, 6.45) is -1.03. The molecule has 18 heavy (non-hydrogen) atoms. The molecule has 0 saturated carbocycles. The Bertz CT molecular complexity index is 1010. The molecular formula is C15H12IrN2-2. The molecule has 0 atom stereocenters. The molecule has 1 radical (unpaired) electrons. The Morgan fingerprint density at radius 2 is 1.67 bits per heavy atom. The van der Waals surface area contributed by atoms with Crippen molar-refractivity contribution in [1.29, 1.82) is 0 Å². The summed E-state index contributed by atoms with van der Waals surface area (Å²) in [4.78, 5) is 1.85. The van der Waals surface area contributed by atoms with Crippen molar-refractivity contribution < 1.29 is 35.2 Å². The van der Waals surface area contributed by atoms with E-state index >= 15 is 0 Å². The summed E-state index contributed by atoms with van der Waals surface area (Å²) in [7, 11) is 0. The maximum Gasteiger partial charge on any atom is 0.0806 e. The molecule has 0 saturated heterocycles. The van der Waals surface area contributed by atoms with Crippen LogP contribution in [0.3, 0.4) is 0 Å². The van der Waals surface area contributed by atoms with Crippen LogP contribution < -0.4 is 9.80 Å². The fourth-order valence-electron chi connectivity index (χ4n) is 1.24. The van der Waals surface area contributed by atoms with Crippen molar-refractivity contribution in [3.8, 4) is 0 Å². The van der Waals surface area contributed by atoms with E-state index in [1.807, 2.05) is 0 Å². The predicted molar refractivity (Wildman–Crippen MR) is 70.1 cm³/mol. The van der Waals surface area contributed by atoms with Gasteiger partial charge in [-0.1, -0.05) is 18.1 Å². The van der Waals surface area contributed by atoms with Gasteiger partial charge < -0.3 is 9.80 Å². The molecule has 2 nitrogen and oxygen atoms in total. The van der Waals surface area contributed by atoms with E-state index in [2.05, 4.69) is 6.07 Å². The molecule has 0 fully saturated rings. The van der Waals surface area contributed by atoms with Gasteiger partial charge in [0.2, 0.25) is 0 Å². The predicted octanol–water partition coefficient (Wildman–Crippen LogP) is 3.40. The van der Waals surface area contributed by atoms with E-state index in [-0.39, 0.29) is 31.5 Å². The van der Waals surface area contributed by atoms with Crippen molar-refractivity contribution in [2.45, 2.75) is 0 Å². The monoisotopic (exact) mass is 424 g/mol. The van der Waals surface area contributed by atoms with Crippen molar-refractivity contribution in [1.82, 2.24) is 0 Å². The van der Waals surface area contributed by atoms with Gasteiger partial charge in [0.1, 0.15) is 0 Å². The van der Waals surface area contributed by atoms with E-state index in [0.717, 1.165) is 16.5 Å². The second-order valence-electron chi connectivity index (χ2n) is 3.03. The smallest absolute Gasteiger partial charge is 0.0806 e. The first kappa shape index (κ1) is 4.84. The summed E-state index contributed by atoms with van der Waals surface area (Å²) in [5.41, 5.74) is -0.570. The Hall–Kier alpha value is -1.57. The Kier molecular flexibility index (Phi) is 1.57. The van der Waals surface area contributed by atoms with Crippen LogP contribution in [-0.4, -0.2) is 0 Å². The van der Waals surface area contributed by atoms with Crippen LogP contribution in [0.4, 0.5) is 11.4 Å². The zero-order valence-corrected chi connectivity index (χ0v) is 11.2. The van der Waals surface area contributed by atoms with E-state index < -0.39 is 66.7 Å². The molecule has 0 N–H and O–H groups in total. The van der Waals surface area contributed by atoms with Gasteiger partial charge in [0.15, 0.2) is 0 Å². The fourth-order valence-corrected chi connectivity index (χ4v) is 1.24. The quantitative estimate of drug-likeness (QED) is 0.683. The molecular weight excluding hydrogens is 400 g/mol. The molecule has 1 aliphatic rings. The van der Waals surface area contributed by atoms with Gasteiger partial charge in [-0.05, 0) is 27.2 Å². The van der Waals surface area contributed by atoms with Crippen LogP contribution in [-0.2, 0) is 20.1 Å². The minimum atomic E-state index is -0.602. The zero-order valence-electron chi connectivity index (χ0n) is 19.8. The second-order valence-corrected chi connectivity index (χ2v) is 3.03. The summed E-state index contributed by atoms with van der Waals surface area (Å²) in [6.45, 7) is 1.06. The Morgan fingerprint density at radius 3 is 2.50 bits per heavy atom. The molecule has 0 amide bonds. The SMILES string of the molecule is [2H]C1=C([2H])N(c2c([2H])c([2H])c([2H])c([2H])c2[2H])[CH-]N1c1[c-]c([2H])c([2H])c([2H])c1[2H].[Ir]. The number of rotatable bonds is 2. The topological polar surface area (TPSA) is 6.48 Å². The second kappa shape index (κ2) is 5.85. The molecule has 2 aromatic carbocycles. The van der Waals surface area contributed by atoms with Gasteiger partial charge in [0.05, 0.1) is 9.60 Å².